The maximum absolute atomic E-state index is 12.2. The highest BCUT2D eigenvalue weighted by molar-refractivity contribution is 6.03. The van der Waals surface area contributed by atoms with Crippen molar-refractivity contribution in [3.05, 3.63) is 60.4 Å². The molecule has 0 aliphatic heterocycles. The number of benzene rings is 1. The highest BCUT2D eigenvalue weighted by Gasteiger charge is 2.30. The lowest BCUT2D eigenvalue weighted by molar-refractivity contribution is -0.274. The third kappa shape index (κ3) is 4.34. The number of alkyl halides is 3. The second kappa shape index (κ2) is 6.63. The largest absolute Gasteiger partial charge is 0.573 e. The number of pyridine rings is 1. The fraction of sp³-hybridized carbons (Fsp3) is 0.0625. The van der Waals surface area contributed by atoms with Crippen LogP contribution in [0.2, 0.25) is 0 Å². The second-order valence-corrected chi connectivity index (χ2v) is 4.91. The molecule has 3 aromatic rings. The van der Waals surface area contributed by atoms with Gasteiger partial charge in [-0.1, -0.05) is 6.07 Å². The quantitative estimate of drug-likeness (QED) is 0.755. The number of aromatic nitrogens is 3. The Kier molecular flexibility index (Phi) is 4.38. The van der Waals surface area contributed by atoms with Gasteiger partial charge in [-0.25, -0.2) is 0 Å². The number of carbonyl (C=O) groups excluding carboxylic acids is 1. The SMILES string of the molecule is O=C(Nc1ccc(OC(F)(F)F)cc1)c1cc(-c2ccccn2)n[nH]1. The molecular formula is C16H11F3N4O2. The van der Waals surface area contributed by atoms with Crippen LogP contribution in [0.1, 0.15) is 10.5 Å². The van der Waals surface area contributed by atoms with Crippen LogP contribution in [-0.4, -0.2) is 27.5 Å². The average molecular weight is 348 g/mol. The van der Waals surface area contributed by atoms with E-state index in [-0.39, 0.29) is 11.4 Å². The maximum Gasteiger partial charge on any atom is 0.573 e. The number of nitrogens with zero attached hydrogens (tertiary/aromatic N) is 2. The zero-order valence-electron chi connectivity index (χ0n) is 12.5. The van der Waals surface area contributed by atoms with Gasteiger partial charge in [-0.05, 0) is 42.5 Å². The molecule has 0 radical (unpaired) electrons. The molecule has 3 rings (SSSR count). The number of ether oxygens (including phenoxy) is 1. The smallest absolute Gasteiger partial charge is 0.406 e. The molecule has 0 aliphatic rings. The summed E-state index contributed by atoms with van der Waals surface area (Å²) in [5.74, 6) is -0.858. The van der Waals surface area contributed by atoms with E-state index in [2.05, 4.69) is 25.2 Å². The summed E-state index contributed by atoms with van der Waals surface area (Å²) in [5, 5.41) is 9.15. The summed E-state index contributed by atoms with van der Waals surface area (Å²) < 4.78 is 40.1. The molecule has 0 saturated carbocycles. The molecule has 0 bridgehead atoms. The minimum atomic E-state index is -4.76. The van der Waals surface area contributed by atoms with E-state index >= 15 is 0 Å². The number of hydrogen-bond acceptors (Lipinski definition) is 4. The number of amides is 1. The van der Waals surface area contributed by atoms with Gasteiger partial charge in [0, 0.05) is 11.9 Å². The molecule has 0 aliphatic carbocycles. The van der Waals surface area contributed by atoms with Gasteiger partial charge >= 0.3 is 6.36 Å². The van der Waals surface area contributed by atoms with Crippen LogP contribution in [0.3, 0.4) is 0 Å². The number of aromatic amines is 1. The van der Waals surface area contributed by atoms with Crippen molar-refractivity contribution < 1.29 is 22.7 Å². The van der Waals surface area contributed by atoms with Crippen LogP contribution in [0.5, 0.6) is 5.75 Å². The minimum Gasteiger partial charge on any atom is -0.406 e. The van der Waals surface area contributed by atoms with Gasteiger partial charge in [0.05, 0.1) is 5.69 Å². The Morgan fingerprint density at radius 2 is 1.84 bits per heavy atom. The lowest BCUT2D eigenvalue weighted by Gasteiger charge is -2.09. The number of halogens is 3. The molecule has 2 heterocycles. The summed E-state index contributed by atoms with van der Waals surface area (Å²) in [6.45, 7) is 0. The monoisotopic (exact) mass is 348 g/mol. The zero-order chi connectivity index (χ0) is 17.9. The maximum atomic E-state index is 12.2. The first-order chi connectivity index (χ1) is 11.9. The van der Waals surface area contributed by atoms with Gasteiger partial charge in [0.2, 0.25) is 0 Å². The minimum absolute atomic E-state index is 0.191. The first-order valence-electron chi connectivity index (χ1n) is 7.05. The standard InChI is InChI=1S/C16H11F3N4O2/c17-16(18,19)25-11-6-4-10(5-7-11)21-15(24)14-9-13(22-23-14)12-3-1-2-8-20-12/h1-9H,(H,21,24)(H,22,23). The van der Waals surface area contributed by atoms with E-state index < -0.39 is 12.3 Å². The van der Waals surface area contributed by atoms with Crippen molar-refractivity contribution in [2.24, 2.45) is 0 Å². The molecule has 9 heteroatoms. The molecule has 25 heavy (non-hydrogen) atoms. The third-order valence-electron chi connectivity index (χ3n) is 3.10. The third-order valence-corrected chi connectivity index (χ3v) is 3.10. The van der Waals surface area contributed by atoms with Crippen molar-refractivity contribution in [3.63, 3.8) is 0 Å². The summed E-state index contributed by atoms with van der Waals surface area (Å²) in [6.07, 6.45) is -3.16. The summed E-state index contributed by atoms with van der Waals surface area (Å²) in [6, 6.07) is 11.6. The van der Waals surface area contributed by atoms with E-state index in [4.69, 9.17) is 0 Å². The number of anilines is 1. The van der Waals surface area contributed by atoms with Crippen LogP contribution < -0.4 is 10.1 Å². The van der Waals surface area contributed by atoms with E-state index in [0.717, 1.165) is 12.1 Å². The predicted octanol–water partition coefficient (Wildman–Crippen LogP) is 3.62. The van der Waals surface area contributed by atoms with Crippen LogP contribution in [0.4, 0.5) is 18.9 Å². The molecule has 6 nitrogen and oxygen atoms in total. The van der Waals surface area contributed by atoms with Gasteiger partial charge in [-0.2, -0.15) is 5.10 Å². The molecule has 0 unspecified atom stereocenters. The van der Waals surface area contributed by atoms with E-state index in [1.807, 2.05) is 0 Å². The Labute approximate surface area is 139 Å². The molecule has 0 saturated heterocycles. The Bertz CT molecular complexity index is 861. The first kappa shape index (κ1) is 16.5. The number of hydrogen-bond donors (Lipinski definition) is 2. The fourth-order valence-electron chi connectivity index (χ4n) is 2.02. The van der Waals surface area contributed by atoms with Crippen LogP contribution >= 0.6 is 0 Å². The van der Waals surface area contributed by atoms with E-state index in [1.165, 1.54) is 18.2 Å². The summed E-state index contributed by atoms with van der Waals surface area (Å²) in [5.41, 5.74) is 1.61. The van der Waals surface area contributed by atoms with Crippen molar-refractivity contribution in [3.8, 4) is 17.1 Å². The average Bonchev–Trinajstić information content (AvgIpc) is 3.06. The van der Waals surface area contributed by atoms with Crippen molar-refractivity contribution in [1.82, 2.24) is 15.2 Å². The number of H-pyrrole nitrogens is 1. The Morgan fingerprint density at radius 1 is 1.08 bits per heavy atom. The molecule has 1 aromatic carbocycles. The molecule has 1 amide bonds. The fourth-order valence-corrected chi connectivity index (χ4v) is 2.02. The Hall–Kier alpha value is -3.36. The molecule has 2 N–H and O–H groups in total. The molecule has 2 aromatic heterocycles. The van der Waals surface area contributed by atoms with E-state index in [9.17, 15) is 18.0 Å². The lowest BCUT2D eigenvalue weighted by atomic mass is 10.2. The van der Waals surface area contributed by atoms with Crippen molar-refractivity contribution in [2.45, 2.75) is 6.36 Å². The zero-order valence-corrected chi connectivity index (χ0v) is 12.5. The van der Waals surface area contributed by atoms with Gasteiger partial charge in [0.15, 0.2) is 0 Å². The topological polar surface area (TPSA) is 79.9 Å². The molecule has 0 atom stereocenters. The highest BCUT2D eigenvalue weighted by atomic mass is 19.4. The molecule has 128 valence electrons. The first-order valence-corrected chi connectivity index (χ1v) is 7.05. The van der Waals surface area contributed by atoms with Gasteiger partial charge in [0.25, 0.3) is 5.91 Å². The van der Waals surface area contributed by atoms with Crippen LogP contribution in [0.15, 0.2) is 54.7 Å². The Morgan fingerprint density at radius 3 is 2.48 bits per heavy atom. The summed E-state index contributed by atoms with van der Waals surface area (Å²) >= 11 is 0. The second-order valence-electron chi connectivity index (χ2n) is 4.91. The summed E-state index contributed by atoms with van der Waals surface area (Å²) in [7, 11) is 0. The molecule has 0 fully saturated rings. The van der Waals surface area contributed by atoms with Crippen molar-refractivity contribution in [2.75, 3.05) is 5.32 Å². The van der Waals surface area contributed by atoms with Crippen LogP contribution in [0, 0.1) is 0 Å². The van der Waals surface area contributed by atoms with Crippen molar-refractivity contribution >= 4 is 11.6 Å². The van der Waals surface area contributed by atoms with Gasteiger partial charge in [-0.15, -0.1) is 13.2 Å². The number of rotatable bonds is 4. The van der Waals surface area contributed by atoms with E-state index in [1.54, 1.807) is 24.4 Å². The van der Waals surface area contributed by atoms with Crippen molar-refractivity contribution in [1.29, 1.82) is 0 Å². The number of carbonyl (C=O) groups is 1. The molecular weight excluding hydrogens is 337 g/mol. The van der Waals surface area contributed by atoms with Crippen LogP contribution in [-0.2, 0) is 0 Å². The normalized spacial score (nSPS) is 11.2. The summed E-state index contributed by atoms with van der Waals surface area (Å²) in [4.78, 5) is 16.3. The van der Waals surface area contributed by atoms with Crippen LogP contribution in [0.25, 0.3) is 11.4 Å². The van der Waals surface area contributed by atoms with Gasteiger partial charge in [0.1, 0.15) is 17.1 Å². The lowest BCUT2D eigenvalue weighted by Crippen LogP contribution is -2.17. The number of nitrogens with one attached hydrogen (secondary N) is 2. The van der Waals surface area contributed by atoms with E-state index in [0.29, 0.717) is 17.1 Å². The predicted molar refractivity (Wildman–Crippen MR) is 82.9 cm³/mol. The Balaban J connectivity index is 1.67. The molecule has 0 spiro atoms. The van der Waals surface area contributed by atoms with Gasteiger partial charge in [-0.3, -0.25) is 14.9 Å². The van der Waals surface area contributed by atoms with Gasteiger partial charge < -0.3 is 10.1 Å². The highest BCUT2D eigenvalue weighted by Crippen LogP contribution is 2.24.